The summed E-state index contributed by atoms with van der Waals surface area (Å²) in [7, 11) is 0. The number of halogens is 2. The Kier molecular flexibility index (Phi) is 6.01. The van der Waals surface area contributed by atoms with Crippen molar-refractivity contribution in [1.82, 2.24) is 5.32 Å². The van der Waals surface area contributed by atoms with E-state index in [9.17, 15) is 4.79 Å². The van der Waals surface area contributed by atoms with Gasteiger partial charge in [0.1, 0.15) is 0 Å². The first-order valence-corrected chi connectivity index (χ1v) is 8.44. The highest BCUT2D eigenvalue weighted by Crippen LogP contribution is 2.26. The zero-order chi connectivity index (χ0) is 13.7. The lowest BCUT2D eigenvalue weighted by Gasteiger charge is -2.21. The molecule has 0 bridgehead atoms. The largest absolute Gasteiger partial charge is 0.324 e. The van der Waals surface area contributed by atoms with Crippen molar-refractivity contribution >= 4 is 50.9 Å². The summed E-state index contributed by atoms with van der Waals surface area (Å²) in [5.74, 6) is 0.490. The number of carbonyl (C=O) groups is 1. The molecule has 19 heavy (non-hydrogen) atoms. The van der Waals surface area contributed by atoms with E-state index in [1.165, 1.54) is 0 Å². The van der Waals surface area contributed by atoms with Gasteiger partial charge in [-0.05, 0) is 44.1 Å². The fraction of sp³-hybridized carbons (Fsp3) is 0.462. The minimum Gasteiger partial charge on any atom is -0.324 e. The molecule has 1 aliphatic rings. The van der Waals surface area contributed by atoms with Crippen LogP contribution in [0.4, 0.5) is 5.69 Å². The van der Waals surface area contributed by atoms with Crippen molar-refractivity contribution in [3.05, 3.63) is 27.7 Å². The van der Waals surface area contributed by atoms with Crippen LogP contribution in [-0.4, -0.2) is 30.0 Å². The fourth-order valence-electron chi connectivity index (χ4n) is 1.93. The lowest BCUT2D eigenvalue weighted by molar-refractivity contribution is -0.113. The van der Waals surface area contributed by atoms with Gasteiger partial charge in [0, 0.05) is 9.72 Å². The van der Waals surface area contributed by atoms with Crippen molar-refractivity contribution in [1.29, 1.82) is 0 Å². The van der Waals surface area contributed by atoms with Crippen LogP contribution in [0.25, 0.3) is 0 Å². The van der Waals surface area contributed by atoms with Gasteiger partial charge in [0.25, 0.3) is 0 Å². The maximum Gasteiger partial charge on any atom is 0.234 e. The molecule has 2 N–H and O–H groups in total. The number of anilines is 1. The molecule has 0 atom stereocenters. The maximum atomic E-state index is 11.9. The second-order valence-corrected chi connectivity index (χ2v) is 7.04. The van der Waals surface area contributed by atoms with E-state index in [1.807, 2.05) is 6.07 Å². The highest BCUT2D eigenvalue weighted by Gasteiger charge is 2.15. The molecule has 1 amide bonds. The Morgan fingerprint density at radius 3 is 2.89 bits per heavy atom. The average molecular weight is 364 g/mol. The van der Waals surface area contributed by atoms with Crippen LogP contribution in [0, 0.1) is 0 Å². The molecule has 0 unspecified atom stereocenters. The SMILES string of the molecule is O=C(CSC1CCNCC1)Nc1ccc(Br)cc1Cl. The first-order valence-electron chi connectivity index (χ1n) is 6.22. The summed E-state index contributed by atoms with van der Waals surface area (Å²) in [4.78, 5) is 11.9. The van der Waals surface area contributed by atoms with E-state index in [0.29, 0.717) is 21.7 Å². The molecule has 0 saturated carbocycles. The molecule has 0 radical (unpaired) electrons. The third-order valence-corrected chi connectivity index (χ3v) is 5.12. The van der Waals surface area contributed by atoms with Gasteiger partial charge in [0.2, 0.25) is 5.91 Å². The Bertz CT molecular complexity index is 452. The summed E-state index contributed by atoms with van der Waals surface area (Å²) in [6, 6.07) is 5.44. The van der Waals surface area contributed by atoms with Crippen LogP contribution in [-0.2, 0) is 4.79 Å². The molecule has 1 aliphatic heterocycles. The van der Waals surface area contributed by atoms with E-state index in [4.69, 9.17) is 11.6 Å². The number of hydrogen-bond donors (Lipinski definition) is 2. The van der Waals surface area contributed by atoms with E-state index in [-0.39, 0.29) is 5.91 Å². The van der Waals surface area contributed by atoms with Crippen molar-refractivity contribution < 1.29 is 4.79 Å². The number of amides is 1. The number of nitrogens with one attached hydrogen (secondary N) is 2. The summed E-state index contributed by atoms with van der Waals surface area (Å²) in [6.07, 6.45) is 2.27. The second kappa shape index (κ2) is 7.53. The Morgan fingerprint density at radius 2 is 2.21 bits per heavy atom. The van der Waals surface area contributed by atoms with Gasteiger partial charge in [0.15, 0.2) is 0 Å². The molecule has 1 heterocycles. The zero-order valence-corrected chi connectivity index (χ0v) is 13.6. The number of piperidine rings is 1. The van der Waals surface area contributed by atoms with Gasteiger partial charge >= 0.3 is 0 Å². The van der Waals surface area contributed by atoms with E-state index in [0.717, 1.165) is 30.4 Å². The number of carbonyl (C=O) groups excluding carboxylic acids is 1. The van der Waals surface area contributed by atoms with Gasteiger partial charge < -0.3 is 10.6 Å². The summed E-state index contributed by atoms with van der Waals surface area (Å²) in [6.45, 7) is 2.11. The van der Waals surface area contributed by atoms with Crippen LogP contribution in [0.5, 0.6) is 0 Å². The van der Waals surface area contributed by atoms with Crippen molar-refractivity contribution in [2.45, 2.75) is 18.1 Å². The third kappa shape index (κ3) is 4.99. The molecular formula is C13H16BrClN2OS. The predicted molar refractivity (Wildman–Crippen MR) is 86.1 cm³/mol. The van der Waals surface area contributed by atoms with Crippen LogP contribution in [0.3, 0.4) is 0 Å². The maximum absolute atomic E-state index is 11.9. The number of thioether (sulfide) groups is 1. The monoisotopic (exact) mass is 362 g/mol. The Balaban J connectivity index is 1.80. The highest BCUT2D eigenvalue weighted by atomic mass is 79.9. The lowest BCUT2D eigenvalue weighted by atomic mass is 10.2. The van der Waals surface area contributed by atoms with Gasteiger partial charge in [-0.15, -0.1) is 11.8 Å². The topological polar surface area (TPSA) is 41.1 Å². The molecule has 0 spiro atoms. The molecular weight excluding hydrogens is 348 g/mol. The van der Waals surface area contributed by atoms with Gasteiger partial charge in [-0.3, -0.25) is 4.79 Å². The fourth-order valence-corrected chi connectivity index (χ4v) is 3.68. The van der Waals surface area contributed by atoms with E-state index in [2.05, 4.69) is 26.6 Å². The van der Waals surface area contributed by atoms with Gasteiger partial charge in [-0.25, -0.2) is 0 Å². The minimum atomic E-state index is 0.00718. The van der Waals surface area contributed by atoms with Crippen molar-refractivity contribution in [3.8, 4) is 0 Å². The molecule has 1 aromatic carbocycles. The summed E-state index contributed by atoms with van der Waals surface area (Å²) >= 11 is 11.1. The molecule has 0 aliphatic carbocycles. The molecule has 2 rings (SSSR count). The highest BCUT2D eigenvalue weighted by molar-refractivity contribution is 9.10. The summed E-state index contributed by atoms with van der Waals surface area (Å²) in [5, 5.41) is 7.31. The number of rotatable bonds is 4. The molecule has 3 nitrogen and oxygen atoms in total. The lowest BCUT2D eigenvalue weighted by Crippen LogP contribution is -2.30. The summed E-state index contributed by atoms with van der Waals surface area (Å²) < 4.78 is 0.902. The normalized spacial score (nSPS) is 16.3. The molecule has 104 valence electrons. The second-order valence-electron chi connectivity index (χ2n) is 4.43. The van der Waals surface area contributed by atoms with Crippen LogP contribution in [0.15, 0.2) is 22.7 Å². The first kappa shape index (κ1) is 15.2. The van der Waals surface area contributed by atoms with Gasteiger partial charge in [-0.2, -0.15) is 0 Å². The first-order chi connectivity index (χ1) is 9.15. The van der Waals surface area contributed by atoms with Crippen LogP contribution < -0.4 is 10.6 Å². The molecule has 1 saturated heterocycles. The summed E-state index contributed by atoms with van der Waals surface area (Å²) in [5.41, 5.74) is 0.667. The smallest absolute Gasteiger partial charge is 0.234 e. The van der Waals surface area contributed by atoms with Crippen molar-refractivity contribution in [3.63, 3.8) is 0 Å². The van der Waals surface area contributed by atoms with Gasteiger partial charge in [0.05, 0.1) is 16.5 Å². The standard InChI is InChI=1S/C13H16BrClN2OS/c14-9-1-2-12(11(15)7-9)17-13(18)8-19-10-3-5-16-6-4-10/h1-2,7,10,16H,3-6,8H2,(H,17,18). The number of benzene rings is 1. The quantitative estimate of drug-likeness (QED) is 0.860. The van der Waals surface area contributed by atoms with E-state index in [1.54, 1.807) is 23.9 Å². The molecule has 0 aromatic heterocycles. The van der Waals surface area contributed by atoms with E-state index < -0.39 is 0 Å². The third-order valence-electron chi connectivity index (χ3n) is 2.94. The Hall–Kier alpha value is -0.230. The Morgan fingerprint density at radius 1 is 1.47 bits per heavy atom. The molecule has 1 fully saturated rings. The van der Waals surface area contributed by atoms with Crippen molar-refractivity contribution in [2.75, 3.05) is 24.2 Å². The average Bonchev–Trinajstić information content (AvgIpc) is 2.41. The molecule has 6 heteroatoms. The minimum absolute atomic E-state index is 0.00718. The Labute approximate surface area is 131 Å². The zero-order valence-electron chi connectivity index (χ0n) is 10.4. The predicted octanol–water partition coefficient (Wildman–Crippen LogP) is 3.53. The van der Waals surface area contributed by atoms with Crippen molar-refractivity contribution in [2.24, 2.45) is 0 Å². The van der Waals surface area contributed by atoms with Crippen LogP contribution >= 0.6 is 39.3 Å². The van der Waals surface area contributed by atoms with Crippen LogP contribution in [0.1, 0.15) is 12.8 Å². The number of hydrogen-bond acceptors (Lipinski definition) is 3. The van der Waals surface area contributed by atoms with E-state index >= 15 is 0 Å². The van der Waals surface area contributed by atoms with Crippen LogP contribution in [0.2, 0.25) is 5.02 Å². The van der Waals surface area contributed by atoms with Gasteiger partial charge in [-0.1, -0.05) is 27.5 Å². The molecule has 1 aromatic rings.